The van der Waals surface area contributed by atoms with E-state index in [1.54, 1.807) is 0 Å². The van der Waals surface area contributed by atoms with E-state index in [1.807, 2.05) is 0 Å². The minimum absolute atomic E-state index is 0.0259. The third kappa shape index (κ3) is 4.50. The predicted molar refractivity (Wildman–Crippen MR) is 81.5 cm³/mol. The Morgan fingerprint density at radius 3 is 2.62 bits per heavy atom. The fourth-order valence-corrected chi connectivity index (χ4v) is 3.29. The van der Waals surface area contributed by atoms with Crippen molar-refractivity contribution in [3.63, 3.8) is 0 Å². The van der Waals surface area contributed by atoms with Crippen LogP contribution >= 0.6 is 23.2 Å². The van der Waals surface area contributed by atoms with Crippen LogP contribution in [0.3, 0.4) is 0 Å². The molecule has 1 atom stereocenters. The van der Waals surface area contributed by atoms with Crippen molar-refractivity contribution in [2.24, 2.45) is 5.92 Å². The quantitative estimate of drug-likeness (QED) is 0.825. The molecule has 1 aliphatic carbocycles. The molecule has 1 unspecified atom stereocenters. The van der Waals surface area contributed by atoms with E-state index in [1.165, 1.54) is 25.0 Å². The van der Waals surface area contributed by atoms with Crippen LogP contribution in [-0.2, 0) is 0 Å². The number of halogens is 2. The number of benzene rings is 1. The van der Waals surface area contributed by atoms with Crippen LogP contribution < -0.4 is 4.74 Å². The van der Waals surface area contributed by atoms with Crippen molar-refractivity contribution in [1.82, 2.24) is 0 Å². The number of ether oxygens (including phenoxy) is 1. The normalized spacial score (nSPS) is 16.9. The molecule has 1 aliphatic rings. The van der Waals surface area contributed by atoms with Gasteiger partial charge in [0.1, 0.15) is 12.2 Å². The maximum Gasteiger partial charge on any atom is 0.339 e. The molecule has 4 nitrogen and oxygen atoms in total. The van der Waals surface area contributed by atoms with Gasteiger partial charge >= 0.3 is 5.97 Å². The third-order valence-corrected chi connectivity index (χ3v) is 4.24. The molecule has 1 saturated carbocycles. The molecule has 2 N–H and O–H groups in total. The molecule has 1 aromatic rings. The molecule has 21 heavy (non-hydrogen) atoms. The minimum Gasteiger partial charge on any atom is -0.488 e. The Hall–Kier alpha value is -0.970. The highest BCUT2D eigenvalue weighted by Crippen LogP contribution is 2.33. The summed E-state index contributed by atoms with van der Waals surface area (Å²) in [4.78, 5) is 11.2. The summed E-state index contributed by atoms with van der Waals surface area (Å²) in [5, 5.41) is 19.5. The summed E-state index contributed by atoms with van der Waals surface area (Å²) in [6.45, 7) is 0.0259. The lowest BCUT2D eigenvalue weighted by molar-refractivity contribution is 0.0672. The molecule has 0 amide bonds. The summed E-state index contributed by atoms with van der Waals surface area (Å²) in [5.41, 5.74) is -0.0967. The monoisotopic (exact) mass is 332 g/mol. The number of carbonyl (C=O) groups is 1. The minimum atomic E-state index is -1.17. The molecule has 0 heterocycles. The van der Waals surface area contributed by atoms with E-state index in [0.29, 0.717) is 12.3 Å². The fraction of sp³-hybridized carbons (Fsp3) is 0.533. The standard InChI is InChI=1S/C15H18Cl2O4/c16-10-6-12(15(19)20)14(13(17)7-10)21-8-11(18)5-9-3-1-2-4-9/h6-7,9,11,18H,1-5,8H2,(H,19,20). The van der Waals surface area contributed by atoms with Crippen molar-refractivity contribution in [1.29, 1.82) is 0 Å². The van der Waals surface area contributed by atoms with E-state index in [0.717, 1.165) is 12.8 Å². The second-order valence-corrected chi connectivity index (χ2v) is 6.26. The molecule has 6 heteroatoms. The number of rotatable bonds is 6. The second kappa shape index (κ2) is 7.34. The average Bonchev–Trinajstić information content (AvgIpc) is 2.89. The van der Waals surface area contributed by atoms with Crippen LogP contribution in [0.25, 0.3) is 0 Å². The first kappa shape index (κ1) is 16.4. The van der Waals surface area contributed by atoms with Crippen molar-refractivity contribution in [3.05, 3.63) is 27.7 Å². The Morgan fingerprint density at radius 2 is 2.00 bits per heavy atom. The topological polar surface area (TPSA) is 66.8 Å². The molecular weight excluding hydrogens is 315 g/mol. The van der Waals surface area contributed by atoms with E-state index in [2.05, 4.69) is 0 Å². The molecule has 0 aliphatic heterocycles. The Bertz CT molecular complexity index is 513. The smallest absolute Gasteiger partial charge is 0.339 e. The summed E-state index contributed by atoms with van der Waals surface area (Å²) >= 11 is 11.8. The van der Waals surface area contributed by atoms with Gasteiger partial charge in [0.2, 0.25) is 0 Å². The Kier molecular flexibility index (Phi) is 5.73. The van der Waals surface area contributed by atoms with Gasteiger partial charge in [-0.15, -0.1) is 0 Å². The van der Waals surface area contributed by atoms with Crippen molar-refractivity contribution in [3.8, 4) is 5.75 Å². The van der Waals surface area contributed by atoms with Gasteiger partial charge in [-0.1, -0.05) is 48.9 Å². The van der Waals surface area contributed by atoms with E-state index < -0.39 is 12.1 Å². The van der Waals surface area contributed by atoms with Crippen LogP contribution in [0.15, 0.2) is 12.1 Å². The van der Waals surface area contributed by atoms with Gasteiger partial charge < -0.3 is 14.9 Å². The predicted octanol–water partition coefficient (Wildman–Crippen LogP) is 4.01. The van der Waals surface area contributed by atoms with Crippen molar-refractivity contribution >= 4 is 29.2 Å². The highest BCUT2D eigenvalue weighted by atomic mass is 35.5. The highest BCUT2D eigenvalue weighted by molar-refractivity contribution is 6.36. The van der Waals surface area contributed by atoms with Crippen molar-refractivity contribution in [2.75, 3.05) is 6.61 Å². The van der Waals surface area contributed by atoms with Gasteiger partial charge in [-0.25, -0.2) is 4.79 Å². The summed E-state index contributed by atoms with van der Waals surface area (Å²) < 4.78 is 5.43. The van der Waals surface area contributed by atoms with Crippen LogP contribution in [0.2, 0.25) is 10.0 Å². The molecule has 0 spiro atoms. The second-order valence-electron chi connectivity index (χ2n) is 5.42. The SMILES string of the molecule is O=C(O)c1cc(Cl)cc(Cl)c1OCC(O)CC1CCCC1. The van der Waals surface area contributed by atoms with E-state index in [9.17, 15) is 9.90 Å². The fourth-order valence-electron chi connectivity index (χ4n) is 2.74. The zero-order valence-corrected chi connectivity index (χ0v) is 13.0. The van der Waals surface area contributed by atoms with E-state index in [4.69, 9.17) is 33.0 Å². The van der Waals surface area contributed by atoms with Gasteiger partial charge in [-0.2, -0.15) is 0 Å². The summed E-state index contributed by atoms with van der Waals surface area (Å²) in [6.07, 6.45) is 4.75. The first-order valence-corrected chi connectivity index (χ1v) is 7.76. The molecule has 0 saturated heterocycles. The number of aromatic carboxylic acids is 1. The van der Waals surface area contributed by atoms with Crippen LogP contribution in [-0.4, -0.2) is 28.9 Å². The molecule has 1 aromatic carbocycles. The number of carboxylic acid groups (broad SMARTS) is 1. The maximum absolute atomic E-state index is 11.2. The first-order valence-electron chi connectivity index (χ1n) is 7.00. The van der Waals surface area contributed by atoms with Gasteiger partial charge in [-0.3, -0.25) is 0 Å². The number of hydrogen-bond donors (Lipinski definition) is 2. The van der Waals surface area contributed by atoms with Crippen LogP contribution in [0.4, 0.5) is 0 Å². The van der Waals surface area contributed by atoms with Gasteiger partial charge in [0.25, 0.3) is 0 Å². The molecule has 0 aromatic heterocycles. The van der Waals surface area contributed by atoms with Gasteiger partial charge in [0, 0.05) is 5.02 Å². The molecule has 0 bridgehead atoms. The number of hydrogen-bond acceptors (Lipinski definition) is 3. The van der Waals surface area contributed by atoms with E-state index >= 15 is 0 Å². The van der Waals surface area contributed by atoms with Gasteiger partial charge in [-0.05, 0) is 24.5 Å². The van der Waals surface area contributed by atoms with Gasteiger partial charge in [0.05, 0.1) is 11.1 Å². The van der Waals surface area contributed by atoms with Gasteiger partial charge in [0.15, 0.2) is 5.75 Å². The number of aliphatic hydroxyl groups is 1. The number of carboxylic acids is 1. The molecule has 1 fully saturated rings. The lowest BCUT2D eigenvalue weighted by atomic mass is 10.0. The Balaban J connectivity index is 2.00. The average molecular weight is 333 g/mol. The summed E-state index contributed by atoms with van der Waals surface area (Å²) in [5.74, 6) is -0.582. The van der Waals surface area contributed by atoms with E-state index in [-0.39, 0.29) is 28.0 Å². The van der Waals surface area contributed by atoms with Crippen molar-refractivity contribution < 1.29 is 19.7 Å². The largest absolute Gasteiger partial charge is 0.488 e. The first-order chi connectivity index (χ1) is 9.97. The van der Waals surface area contributed by atoms with Crippen LogP contribution in [0, 0.1) is 5.92 Å². The summed E-state index contributed by atoms with van der Waals surface area (Å²) in [6, 6.07) is 2.71. The highest BCUT2D eigenvalue weighted by Gasteiger charge is 2.21. The zero-order valence-electron chi connectivity index (χ0n) is 11.5. The lowest BCUT2D eigenvalue weighted by Gasteiger charge is -2.17. The molecule has 0 radical (unpaired) electrons. The van der Waals surface area contributed by atoms with Crippen LogP contribution in [0.5, 0.6) is 5.75 Å². The zero-order chi connectivity index (χ0) is 15.4. The molecular formula is C15H18Cl2O4. The lowest BCUT2D eigenvalue weighted by Crippen LogP contribution is -2.21. The summed E-state index contributed by atoms with van der Waals surface area (Å²) in [7, 11) is 0. The maximum atomic E-state index is 11.2. The van der Waals surface area contributed by atoms with Crippen LogP contribution in [0.1, 0.15) is 42.5 Å². The number of aliphatic hydroxyl groups excluding tert-OH is 1. The third-order valence-electron chi connectivity index (χ3n) is 3.74. The molecule has 2 rings (SSSR count). The Morgan fingerprint density at radius 1 is 1.33 bits per heavy atom. The molecule has 116 valence electrons. The van der Waals surface area contributed by atoms with Crippen molar-refractivity contribution in [2.45, 2.75) is 38.2 Å². The Labute approximate surface area is 133 Å².